The Morgan fingerprint density at radius 1 is 0.900 bits per heavy atom. The second-order valence-corrected chi connectivity index (χ2v) is 7.12. The maximum Gasteiger partial charge on any atom is 0.251 e. The molecule has 0 heterocycles. The van der Waals surface area contributed by atoms with E-state index < -0.39 is 17.9 Å². The van der Waals surface area contributed by atoms with Gasteiger partial charge in [-0.2, -0.15) is 5.26 Å². The second kappa shape index (κ2) is 8.06. The van der Waals surface area contributed by atoms with Gasteiger partial charge in [0, 0.05) is 12.0 Å². The van der Waals surface area contributed by atoms with Gasteiger partial charge in [0.25, 0.3) is 5.91 Å². The molecule has 2 amide bonds. The van der Waals surface area contributed by atoms with Gasteiger partial charge in [0.05, 0.1) is 11.6 Å². The predicted molar refractivity (Wildman–Crippen MR) is 117 cm³/mol. The summed E-state index contributed by atoms with van der Waals surface area (Å²) in [6.45, 7) is 0. The lowest BCUT2D eigenvalue weighted by Crippen LogP contribution is -2.45. The quantitative estimate of drug-likeness (QED) is 0.506. The van der Waals surface area contributed by atoms with Crippen LogP contribution in [0.3, 0.4) is 0 Å². The third kappa shape index (κ3) is 3.71. The van der Waals surface area contributed by atoms with Crippen LogP contribution in [-0.2, 0) is 11.2 Å². The Morgan fingerprint density at radius 2 is 1.47 bits per heavy atom. The number of carbonyl (C=O) groups is 2. The van der Waals surface area contributed by atoms with E-state index in [0.717, 1.165) is 27.1 Å². The van der Waals surface area contributed by atoms with Crippen molar-refractivity contribution in [3.05, 3.63) is 95.6 Å². The van der Waals surface area contributed by atoms with E-state index in [-0.39, 0.29) is 6.42 Å². The van der Waals surface area contributed by atoms with Crippen molar-refractivity contribution < 1.29 is 9.59 Å². The molecule has 0 fully saturated rings. The number of fused-ring (bicyclic) bond motifs is 2. The van der Waals surface area contributed by atoms with Crippen molar-refractivity contribution in [1.29, 1.82) is 5.26 Å². The number of amides is 2. The molecule has 3 N–H and O–H groups in total. The number of hydrogen-bond acceptors (Lipinski definition) is 3. The molecular formula is C25H19N3O2. The number of carbonyl (C=O) groups excluding carboxylic acids is 2. The summed E-state index contributed by atoms with van der Waals surface area (Å²) < 4.78 is 0. The Balaban J connectivity index is 1.71. The first kappa shape index (κ1) is 19.2. The van der Waals surface area contributed by atoms with E-state index in [1.807, 2.05) is 54.6 Å². The van der Waals surface area contributed by atoms with Gasteiger partial charge in [-0.05, 0) is 57.4 Å². The highest BCUT2D eigenvalue weighted by Gasteiger charge is 2.22. The number of nitriles is 1. The van der Waals surface area contributed by atoms with Crippen molar-refractivity contribution in [3.8, 4) is 6.07 Å². The zero-order valence-corrected chi connectivity index (χ0v) is 16.1. The van der Waals surface area contributed by atoms with E-state index in [4.69, 9.17) is 11.0 Å². The summed E-state index contributed by atoms with van der Waals surface area (Å²) in [6.07, 6.45) is 0.277. The first-order valence-electron chi connectivity index (χ1n) is 9.56. The molecule has 4 aromatic rings. The normalized spacial score (nSPS) is 11.7. The fraction of sp³-hybridized carbons (Fsp3) is 0.0800. The average Bonchev–Trinajstić information content (AvgIpc) is 2.78. The number of rotatable bonds is 5. The Hall–Kier alpha value is -4.17. The van der Waals surface area contributed by atoms with Gasteiger partial charge in [-0.3, -0.25) is 9.59 Å². The maximum atomic E-state index is 12.7. The fourth-order valence-corrected chi connectivity index (χ4v) is 3.69. The molecule has 4 aromatic carbocycles. The molecule has 30 heavy (non-hydrogen) atoms. The van der Waals surface area contributed by atoms with E-state index in [2.05, 4.69) is 11.4 Å². The van der Waals surface area contributed by atoms with E-state index in [1.165, 1.54) is 0 Å². The standard InChI is InChI=1S/C25H19N3O2/c26-15-16-9-11-17(12-10-16)25(30)28-23(24(27)29)14-22-20-7-3-1-5-18(20)13-19-6-2-4-8-21(19)22/h1-13,23H,14H2,(H2,27,29)(H,28,30)/t23-/m0/s1. The molecule has 0 spiro atoms. The van der Waals surface area contributed by atoms with E-state index in [9.17, 15) is 9.59 Å². The van der Waals surface area contributed by atoms with Crippen LogP contribution in [0, 0.1) is 11.3 Å². The van der Waals surface area contributed by atoms with Gasteiger partial charge in [0.1, 0.15) is 6.04 Å². The molecule has 0 saturated carbocycles. The van der Waals surface area contributed by atoms with Crippen molar-refractivity contribution in [3.63, 3.8) is 0 Å². The zero-order chi connectivity index (χ0) is 21.1. The van der Waals surface area contributed by atoms with Gasteiger partial charge in [-0.25, -0.2) is 0 Å². The molecule has 146 valence electrons. The van der Waals surface area contributed by atoms with Gasteiger partial charge >= 0.3 is 0 Å². The molecule has 0 saturated heterocycles. The topological polar surface area (TPSA) is 96.0 Å². The summed E-state index contributed by atoms with van der Waals surface area (Å²) in [6, 6.07) is 25.4. The average molecular weight is 393 g/mol. The van der Waals surface area contributed by atoms with Crippen LogP contribution < -0.4 is 11.1 Å². The molecule has 1 atom stereocenters. The van der Waals surface area contributed by atoms with Crippen LogP contribution in [0.15, 0.2) is 78.9 Å². The molecule has 4 rings (SSSR count). The summed E-state index contributed by atoms with van der Waals surface area (Å²) in [5.41, 5.74) is 7.44. The Bertz CT molecular complexity index is 1250. The summed E-state index contributed by atoms with van der Waals surface area (Å²) >= 11 is 0. The molecule has 0 bridgehead atoms. The van der Waals surface area contributed by atoms with Crippen LogP contribution in [0.5, 0.6) is 0 Å². The molecule has 0 aliphatic carbocycles. The van der Waals surface area contributed by atoms with Crippen LogP contribution in [0.1, 0.15) is 21.5 Å². The fourth-order valence-electron chi connectivity index (χ4n) is 3.69. The number of hydrogen-bond donors (Lipinski definition) is 2. The third-order valence-corrected chi connectivity index (χ3v) is 5.22. The Labute approximate surface area is 173 Å². The number of nitrogens with two attached hydrogens (primary N) is 1. The van der Waals surface area contributed by atoms with E-state index in [1.54, 1.807) is 24.3 Å². The van der Waals surface area contributed by atoms with Gasteiger partial charge in [-0.15, -0.1) is 0 Å². The second-order valence-electron chi connectivity index (χ2n) is 7.12. The molecule has 0 aliphatic heterocycles. The largest absolute Gasteiger partial charge is 0.368 e. The summed E-state index contributed by atoms with van der Waals surface area (Å²) in [4.78, 5) is 24.9. The van der Waals surface area contributed by atoms with Crippen molar-refractivity contribution in [2.24, 2.45) is 5.73 Å². The lowest BCUT2D eigenvalue weighted by Gasteiger charge is -2.19. The molecular weight excluding hydrogens is 374 g/mol. The lowest BCUT2D eigenvalue weighted by atomic mass is 9.92. The molecule has 5 nitrogen and oxygen atoms in total. The lowest BCUT2D eigenvalue weighted by molar-refractivity contribution is -0.119. The van der Waals surface area contributed by atoms with Gasteiger partial charge in [-0.1, -0.05) is 48.5 Å². The highest BCUT2D eigenvalue weighted by atomic mass is 16.2. The van der Waals surface area contributed by atoms with Crippen LogP contribution in [0.25, 0.3) is 21.5 Å². The van der Waals surface area contributed by atoms with Crippen LogP contribution in [0.4, 0.5) is 0 Å². The van der Waals surface area contributed by atoms with Gasteiger partial charge in [0.15, 0.2) is 0 Å². The van der Waals surface area contributed by atoms with Crippen LogP contribution in [-0.4, -0.2) is 17.9 Å². The first-order valence-corrected chi connectivity index (χ1v) is 9.56. The highest BCUT2D eigenvalue weighted by Crippen LogP contribution is 2.29. The minimum absolute atomic E-state index is 0.277. The minimum Gasteiger partial charge on any atom is -0.368 e. The highest BCUT2D eigenvalue weighted by molar-refractivity contribution is 6.03. The molecule has 0 unspecified atom stereocenters. The van der Waals surface area contributed by atoms with Crippen molar-refractivity contribution in [1.82, 2.24) is 5.32 Å². The predicted octanol–water partition coefficient (Wildman–Crippen LogP) is 3.69. The molecule has 0 aliphatic rings. The monoisotopic (exact) mass is 393 g/mol. The number of nitrogens with one attached hydrogen (secondary N) is 1. The summed E-state index contributed by atoms with van der Waals surface area (Å²) in [5, 5.41) is 15.8. The van der Waals surface area contributed by atoms with Gasteiger partial charge in [0.2, 0.25) is 5.91 Å². The zero-order valence-electron chi connectivity index (χ0n) is 16.1. The SMILES string of the molecule is N#Cc1ccc(C(=O)N[C@@H](Cc2c3ccccc3cc3ccccc23)C(N)=O)cc1. The first-order chi connectivity index (χ1) is 14.6. The molecule has 0 aromatic heterocycles. The maximum absolute atomic E-state index is 12.7. The van der Waals surface area contributed by atoms with Gasteiger partial charge < -0.3 is 11.1 Å². The number of benzene rings is 4. The van der Waals surface area contributed by atoms with Crippen LogP contribution >= 0.6 is 0 Å². The minimum atomic E-state index is -0.873. The Morgan fingerprint density at radius 3 is 2.00 bits per heavy atom. The third-order valence-electron chi connectivity index (χ3n) is 5.22. The molecule has 0 radical (unpaired) electrons. The van der Waals surface area contributed by atoms with Crippen molar-refractivity contribution in [2.75, 3.05) is 0 Å². The Kier molecular flexibility index (Phi) is 5.15. The molecule has 5 heteroatoms. The van der Waals surface area contributed by atoms with Crippen molar-refractivity contribution in [2.45, 2.75) is 12.5 Å². The van der Waals surface area contributed by atoms with E-state index in [0.29, 0.717) is 11.1 Å². The van der Waals surface area contributed by atoms with Crippen LogP contribution in [0.2, 0.25) is 0 Å². The number of nitrogens with zero attached hydrogens (tertiary/aromatic N) is 1. The summed E-state index contributed by atoms with van der Waals surface area (Å²) in [7, 11) is 0. The van der Waals surface area contributed by atoms with E-state index >= 15 is 0 Å². The smallest absolute Gasteiger partial charge is 0.251 e. The van der Waals surface area contributed by atoms with Crippen molar-refractivity contribution >= 4 is 33.4 Å². The number of primary amides is 1. The summed E-state index contributed by atoms with van der Waals surface area (Å²) in [5.74, 6) is -1.01.